The van der Waals surface area contributed by atoms with Gasteiger partial charge in [-0.3, -0.25) is 0 Å². The molecule has 128 valence electrons. The van der Waals surface area contributed by atoms with Crippen LogP contribution in [0.1, 0.15) is 46.1 Å². The second kappa shape index (κ2) is 5.19. The molecular formula is C17H25NO4S. The highest BCUT2D eigenvalue weighted by molar-refractivity contribution is 7.89. The van der Waals surface area contributed by atoms with Crippen molar-refractivity contribution in [2.45, 2.75) is 69.1 Å². The van der Waals surface area contributed by atoms with Crippen molar-refractivity contribution in [1.82, 2.24) is 4.31 Å². The van der Waals surface area contributed by atoms with Crippen molar-refractivity contribution < 1.29 is 18.3 Å². The number of hydrogen-bond donors (Lipinski definition) is 1. The standard InChI is InChI=1S/C17H25NO4S/c1-16(2,19)11-18(13-8-9-13)23(20,21)14-7-5-6-12-10-17(3,4)22-15(12)14/h5-7,13,19H,8-11H2,1-4H3. The maximum atomic E-state index is 13.2. The van der Waals surface area contributed by atoms with Crippen LogP contribution in [0.15, 0.2) is 23.1 Å². The first-order chi connectivity index (χ1) is 10.5. The van der Waals surface area contributed by atoms with Crippen LogP contribution in [0.3, 0.4) is 0 Å². The topological polar surface area (TPSA) is 66.8 Å². The van der Waals surface area contributed by atoms with Crippen LogP contribution < -0.4 is 4.74 Å². The maximum Gasteiger partial charge on any atom is 0.247 e. The minimum atomic E-state index is -3.70. The van der Waals surface area contributed by atoms with E-state index in [1.807, 2.05) is 19.9 Å². The molecule has 1 aliphatic carbocycles. The molecule has 0 bridgehead atoms. The second-order valence-corrected chi connectivity index (χ2v) is 9.74. The van der Waals surface area contributed by atoms with Gasteiger partial charge in [-0.2, -0.15) is 4.31 Å². The van der Waals surface area contributed by atoms with Crippen LogP contribution in [0.4, 0.5) is 0 Å². The van der Waals surface area contributed by atoms with E-state index in [4.69, 9.17) is 4.74 Å². The normalized spacial score (nSPS) is 20.4. The quantitative estimate of drug-likeness (QED) is 0.894. The lowest BCUT2D eigenvalue weighted by atomic mass is 10.0. The van der Waals surface area contributed by atoms with Gasteiger partial charge in [0.2, 0.25) is 10.0 Å². The summed E-state index contributed by atoms with van der Waals surface area (Å²) in [6.45, 7) is 7.27. The van der Waals surface area contributed by atoms with Gasteiger partial charge in [-0.15, -0.1) is 0 Å². The molecule has 0 spiro atoms. The molecule has 3 rings (SSSR count). The maximum absolute atomic E-state index is 13.2. The van der Waals surface area contributed by atoms with Gasteiger partial charge in [0.1, 0.15) is 16.2 Å². The Morgan fingerprint density at radius 1 is 1.35 bits per heavy atom. The highest BCUT2D eigenvalue weighted by atomic mass is 32.2. The van der Waals surface area contributed by atoms with Crippen molar-refractivity contribution in [3.8, 4) is 5.75 Å². The Labute approximate surface area is 138 Å². The first-order valence-corrected chi connectivity index (χ1v) is 9.49. The minimum absolute atomic E-state index is 0.0169. The molecule has 0 radical (unpaired) electrons. The van der Waals surface area contributed by atoms with Crippen LogP contribution in [0.5, 0.6) is 5.75 Å². The highest BCUT2D eigenvalue weighted by Gasteiger charge is 2.43. The molecule has 1 saturated carbocycles. The molecule has 0 unspecified atom stereocenters. The van der Waals surface area contributed by atoms with E-state index in [1.165, 1.54) is 4.31 Å². The summed E-state index contributed by atoms with van der Waals surface area (Å²) in [6, 6.07) is 5.28. The molecule has 1 aliphatic heterocycles. The van der Waals surface area contributed by atoms with E-state index >= 15 is 0 Å². The predicted octanol–water partition coefficient (Wildman–Crippen LogP) is 2.32. The fraction of sp³-hybridized carbons (Fsp3) is 0.647. The van der Waals surface area contributed by atoms with Crippen molar-refractivity contribution in [2.75, 3.05) is 6.54 Å². The highest BCUT2D eigenvalue weighted by Crippen LogP contribution is 2.42. The fourth-order valence-electron chi connectivity index (χ4n) is 3.07. The summed E-state index contributed by atoms with van der Waals surface area (Å²) >= 11 is 0. The molecule has 2 aliphatic rings. The van der Waals surface area contributed by atoms with Crippen molar-refractivity contribution >= 4 is 10.0 Å². The zero-order valence-corrected chi connectivity index (χ0v) is 15.0. The Hall–Kier alpha value is -1.11. The van der Waals surface area contributed by atoms with E-state index in [0.717, 1.165) is 18.4 Å². The van der Waals surface area contributed by atoms with Gasteiger partial charge in [-0.1, -0.05) is 12.1 Å². The summed E-state index contributed by atoms with van der Waals surface area (Å²) in [5.74, 6) is 0.471. The largest absolute Gasteiger partial charge is 0.486 e. The molecule has 0 saturated heterocycles. The number of aliphatic hydroxyl groups is 1. The Kier molecular flexibility index (Phi) is 3.78. The van der Waals surface area contributed by atoms with Crippen LogP contribution in [-0.2, 0) is 16.4 Å². The molecule has 0 aromatic heterocycles. The molecule has 0 atom stereocenters. The number of benzene rings is 1. The van der Waals surface area contributed by atoms with E-state index in [1.54, 1.807) is 26.0 Å². The van der Waals surface area contributed by atoms with Gasteiger partial charge in [0, 0.05) is 19.0 Å². The lowest BCUT2D eigenvalue weighted by Gasteiger charge is -2.29. The third-order valence-corrected chi connectivity index (χ3v) is 6.06. The van der Waals surface area contributed by atoms with Gasteiger partial charge < -0.3 is 9.84 Å². The SMILES string of the molecule is CC(C)(O)CN(C1CC1)S(=O)(=O)c1cccc2c1OC(C)(C)C2. The van der Waals surface area contributed by atoms with E-state index in [-0.39, 0.29) is 17.5 Å². The van der Waals surface area contributed by atoms with Crippen molar-refractivity contribution in [1.29, 1.82) is 0 Å². The molecule has 5 nitrogen and oxygen atoms in total. The Morgan fingerprint density at radius 2 is 2.00 bits per heavy atom. The lowest BCUT2D eigenvalue weighted by molar-refractivity contribution is 0.0574. The third-order valence-electron chi connectivity index (χ3n) is 4.14. The van der Waals surface area contributed by atoms with E-state index in [0.29, 0.717) is 12.2 Å². The van der Waals surface area contributed by atoms with Gasteiger partial charge in [0.25, 0.3) is 0 Å². The second-order valence-electron chi connectivity index (χ2n) is 7.88. The van der Waals surface area contributed by atoms with Gasteiger partial charge >= 0.3 is 0 Å². The van der Waals surface area contributed by atoms with Gasteiger partial charge in [0.05, 0.1) is 5.60 Å². The minimum Gasteiger partial charge on any atom is -0.486 e. The van der Waals surface area contributed by atoms with Gasteiger partial charge in [-0.25, -0.2) is 8.42 Å². The summed E-state index contributed by atoms with van der Waals surface area (Å²) in [7, 11) is -3.70. The molecule has 1 N–H and O–H groups in total. The first-order valence-electron chi connectivity index (χ1n) is 8.05. The van der Waals surface area contributed by atoms with E-state index < -0.39 is 21.2 Å². The number of hydrogen-bond acceptors (Lipinski definition) is 4. The van der Waals surface area contributed by atoms with Crippen LogP contribution in [0, 0.1) is 0 Å². The Bertz CT molecular complexity index is 715. The smallest absolute Gasteiger partial charge is 0.247 e. The van der Waals surface area contributed by atoms with E-state index in [2.05, 4.69) is 0 Å². The van der Waals surface area contributed by atoms with Crippen LogP contribution >= 0.6 is 0 Å². The van der Waals surface area contributed by atoms with E-state index in [9.17, 15) is 13.5 Å². The van der Waals surface area contributed by atoms with Crippen LogP contribution in [0.25, 0.3) is 0 Å². The summed E-state index contributed by atoms with van der Waals surface area (Å²) in [6.07, 6.45) is 2.38. The molecule has 6 heteroatoms. The number of rotatable bonds is 5. The van der Waals surface area contributed by atoms with Crippen LogP contribution in [-0.4, -0.2) is 41.6 Å². The molecule has 1 aromatic rings. The first kappa shape index (κ1) is 16.7. The zero-order chi connectivity index (χ0) is 17.0. The summed E-state index contributed by atoms with van der Waals surface area (Å²) in [5.41, 5.74) is -0.544. The molecule has 1 fully saturated rings. The number of nitrogens with zero attached hydrogens (tertiary/aromatic N) is 1. The van der Waals surface area contributed by atoms with Gasteiger partial charge in [-0.05, 0) is 52.2 Å². The number of fused-ring (bicyclic) bond motifs is 1. The number of ether oxygens (including phenoxy) is 1. The van der Waals surface area contributed by atoms with Crippen molar-refractivity contribution in [3.63, 3.8) is 0 Å². The molecule has 1 aromatic carbocycles. The summed E-state index contributed by atoms with van der Waals surface area (Å²) in [4.78, 5) is 0.219. The van der Waals surface area contributed by atoms with Crippen LogP contribution in [0.2, 0.25) is 0 Å². The lowest BCUT2D eigenvalue weighted by Crippen LogP contribution is -2.43. The third kappa shape index (κ3) is 3.39. The summed E-state index contributed by atoms with van der Waals surface area (Å²) in [5, 5.41) is 10.1. The monoisotopic (exact) mass is 339 g/mol. The fourth-order valence-corrected chi connectivity index (χ4v) is 5.07. The van der Waals surface area contributed by atoms with Crippen molar-refractivity contribution in [2.24, 2.45) is 0 Å². The number of para-hydroxylation sites is 1. The molecule has 1 heterocycles. The Morgan fingerprint density at radius 3 is 2.57 bits per heavy atom. The average molecular weight is 339 g/mol. The predicted molar refractivity (Wildman–Crippen MR) is 88.1 cm³/mol. The molecule has 0 amide bonds. The average Bonchev–Trinajstić information content (AvgIpc) is 3.15. The summed E-state index contributed by atoms with van der Waals surface area (Å²) < 4.78 is 33.8. The number of sulfonamides is 1. The Balaban J connectivity index is 2.02. The molecule has 23 heavy (non-hydrogen) atoms. The van der Waals surface area contributed by atoms with Crippen molar-refractivity contribution in [3.05, 3.63) is 23.8 Å². The molecular weight excluding hydrogens is 314 g/mol. The van der Waals surface area contributed by atoms with Gasteiger partial charge in [0.15, 0.2) is 0 Å². The zero-order valence-electron chi connectivity index (χ0n) is 14.2.